The normalized spacial score (nSPS) is 9.19. The Labute approximate surface area is 102 Å². The molecule has 0 amide bonds. The number of benzene rings is 1. The maximum absolute atomic E-state index is 10.2. The van der Waals surface area contributed by atoms with Crippen molar-refractivity contribution in [3.8, 4) is 0 Å². The van der Waals surface area contributed by atoms with E-state index in [-0.39, 0.29) is 6.61 Å². The van der Waals surface area contributed by atoms with Crippen LogP contribution >= 0.6 is 15.9 Å². The number of nitrogens with zero attached hydrogens (tertiary/aromatic N) is 2. The minimum atomic E-state index is 0.257. The van der Waals surface area contributed by atoms with E-state index in [2.05, 4.69) is 26.1 Å². The molecule has 0 aliphatic rings. The number of carbonyl (C=O) groups excluding carboxylic acids is 1. The van der Waals surface area contributed by atoms with E-state index in [1.807, 2.05) is 19.9 Å². The first-order valence-corrected chi connectivity index (χ1v) is 5.43. The van der Waals surface area contributed by atoms with Crippen molar-refractivity contribution in [2.75, 3.05) is 0 Å². The Morgan fingerprint density at radius 3 is 2.88 bits per heavy atom. The zero-order valence-corrected chi connectivity index (χ0v) is 10.6. The Balaban J connectivity index is 2.92. The first-order chi connectivity index (χ1) is 7.65. The molecule has 0 unspecified atom stereocenters. The molecule has 84 valence electrons. The van der Waals surface area contributed by atoms with Gasteiger partial charge in [0.2, 0.25) is 6.08 Å². The third kappa shape index (κ3) is 3.61. The molecule has 1 rings (SSSR count). The van der Waals surface area contributed by atoms with Gasteiger partial charge in [-0.15, -0.1) is 0 Å². The third-order valence-electron chi connectivity index (χ3n) is 1.72. The van der Waals surface area contributed by atoms with Gasteiger partial charge < -0.3 is 4.84 Å². The van der Waals surface area contributed by atoms with E-state index in [0.717, 1.165) is 15.7 Å². The maximum atomic E-state index is 10.2. The van der Waals surface area contributed by atoms with Crippen LogP contribution in [-0.4, -0.2) is 11.8 Å². The van der Waals surface area contributed by atoms with Crippen LogP contribution in [0.2, 0.25) is 0 Å². The van der Waals surface area contributed by atoms with Crippen LogP contribution in [0.15, 0.2) is 32.8 Å². The van der Waals surface area contributed by atoms with E-state index in [1.165, 1.54) is 6.08 Å². The van der Waals surface area contributed by atoms with Crippen molar-refractivity contribution in [3.63, 3.8) is 0 Å². The molecule has 0 saturated heterocycles. The predicted molar refractivity (Wildman–Crippen MR) is 65.5 cm³/mol. The summed E-state index contributed by atoms with van der Waals surface area (Å²) in [5.74, 6) is 0. The second kappa shape index (κ2) is 6.20. The molecule has 0 spiro atoms. The van der Waals surface area contributed by atoms with Crippen molar-refractivity contribution in [1.82, 2.24) is 0 Å². The number of hydrogen-bond acceptors (Lipinski definition) is 4. The smallest absolute Gasteiger partial charge is 0.240 e. The van der Waals surface area contributed by atoms with Gasteiger partial charge in [0.1, 0.15) is 6.61 Å². The Hall–Kier alpha value is -1.45. The summed E-state index contributed by atoms with van der Waals surface area (Å²) in [6.07, 6.45) is 1.51. The standard InChI is InChI=1S/C11H11BrN2O2/c1-8(2)14-16-6-9-10(12)4-3-5-11(9)13-7-15/h3-5H,6H2,1-2H3. The molecule has 0 aliphatic carbocycles. The van der Waals surface area contributed by atoms with Crippen LogP contribution in [0.4, 0.5) is 5.69 Å². The van der Waals surface area contributed by atoms with E-state index < -0.39 is 0 Å². The van der Waals surface area contributed by atoms with Crippen molar-refractivity contribution in [3.05, 3.63) is 28.2 Å². The molecule has 0 heterocycles. The van der Waals surface area contributed by atoms with Gasteiger partial charge in [0.15, 0.2) is 0 Å². The number of oxime groups is 1. The lowest BCUT2D eigenvalue weighted by molar-refractivity contribution is 0.130. The molecule has 1 aromatic rings. The van der Waals surface area contributed by atoms with Gasteiger partial charge in [-0.25, -0.2) is 4.79 Å². The van der Waals surface area contributed by atoms with Crippen LogP contribution < -0.4 is 0 Å². The number of aliphatic imine (C=N–C) groups is 1. The molecule has 0 radical (unpaired) electrons. The van der Waals surface area contributed by atoms with Crippen molar-refractivity contribution in [2.24, 2.45) is 10.1 Å². The average molecular weight is 283 g/mol. The summed E-state index contributed by atoms with van der Waals surface area (Å²) >= 11 is 3.37. The summed E-state index contributed by atoms with van der Waals surface area (Å²) in [7, 11) is 0. The summed E-state index contributed by atoms with van der Waals surface area (Å²) < 4.78 is 0.827. The number of rotatable bonds is 4. The SMILES string of the molecule is CC(C)=NOCc1c(Br)cccc1N=C=O. The molecule has 0 atom stereocenters. The molecule has 0 N–H and O–H groups in total. The Morgan fingerprint density at radius 1 is 1.50 bits per heavy atom. The molecule has 0 aromatic heterocycles. The summed E-state index contributed by atoms with van der Waals surface area (Å²) in [4.78, 5) is 19.0. The average Bonchev–Trinajstić information content (AvgIpc) is 2.22. The molecular weight excluding hydrogens is 272 g/mol. The first kappa shape index (κ1) is 12.6. The highest BCUT2D eigenvalue weighted by Crippen LogP contribution is 2.27. The largest absolute Gasteiger partial charge is 0.391 e. The number of halogens is 1. The van der Waals surface area contributed by atoms with Gasteiger partial charge in [-0.05, 0) is 26.0 Å². The molecule has 16 heavy (non-hydrogen) atoms. The molecule has 1 aromatic carbocycles. The van der Waals surface area contributed by atoms with Crippen LogP contribution in [0.5, 0.6) is 0 Å². The first-order valence-electron chi connectivity index (χ1n) is 4.63. The van der Waals surface area contributed by atoms with Gasteiger partial charge in [-0.3, -0.25) is 0 Å². The van der Waals surface area contributed by atoms with Crippen molar-refractivity contribution in [2.45, 2.75) is 20.5 Å². The van der Waals surface area contributed by atoms with Crippen molar-refractivity contribution < 1.29 is 9.63 Å². The zero-order valence-electron chi connectivity index (χ0n) is 9.03. The molecular formula is C11H11BrN2O2. The van der Waals surface area contributed by atoms with Gasteiger partial charge in [0.25, 0.3) is 0 Å². The van der Waals surface area contributed by atoms with Crippen LogP contribution in [0.1, 0.15) is 19.4 Å². The highest BCUT2D eigenvalue weighted by atomic mass is 79.9. The molecule has 5 heteroatoms. The van der Waals surface area contributed by atoms with Crippen LogP contribution in [0, 0.1) is 0 Å². The summed E-state index contributed by atoms with van der Waals surface area (Å²) in [5, 5.41) is 3.82. The van der Waals surface area contributed by atoms with E-state index >= 15 is 0 Å². The van der Waals surface area contributed by atoms with Crippen molar-refractivity contribution >= 4 is 33.4 Å². The van der Waals surface area contributed by atoms with Gasteiger partial charge in [0, 0.05) is 10.0 Å². The van der Waals surface area contributed by atoms with Crippen LogP contribution in [0.3, 0.4) is 0 Å². The quantitative estimate of drug-likeness (QED) is 0.483. The van der Waals surface area contributed by atoms with E-state index in [0.29, 0.717) is 5.69 Å². The number of isocyanates is 1. The lowest BCUT2D eigenvalue weighted by Crippen LogP contribution is -1.92. The second-order valence-electron chi connectivity index (χ2n) is 3.25. The summed E-state index contributed by atoms with van der Waals surface area (Å²) in [5.41, 5.74) is 2.14. The summed E-state index contributed by atoms with van der Waals surface area (Å²) in [6, 6.07) is 5.36. The Morgan fingerprint density at radius 2 is 2.25 bits per heavy atom. The molecule has 4 nitrogen and oxygen atoms in total. The molecule has 0 fully saturated rings. The minimum absolute atomic E-state index is 0.257. The molecule has 0 aliphatic heterocycles. The highest BCUT2D eigenvalue weighted by Gasteiger charge is 2.06. The van der Waals surface area contributed by atoms with Gasteiger partial charge in [0.05, 0.1) is 11.4 Å². The van der Waals surface area contributed by atoms with Crippen molar-refractivity contribution in [1.29, 1.82) is 0 Å². The topological polar surface area (TPSA) is 51.0 Å². The van der Waals surface area contributed by atoms with Crippen LogP contribution in [0.25, 0.3) is 0 Å². The van der Waals surface area contributed by atoms with Crippen LogP contribution in [-0.2, 0) is 16.2 Å². The van der Waals surface area contributed by atoms with E-state index in [9.17, 15) is 4.79 Å². The third-order valence-corrected chi connectivity index (χ3v) is 2.46. The highest BCUT2D eigenvalue weighted by molar-refractivity contribution is 9.10. The number of hydrogen-bond donors (Lipinski definition) is 0. The fraction of sp³-hybridized carbons (Fsp3) is 0.273. The molecule has 0 saturated carbocycles. The monoisotopic (exact) mass is 282 g/mol. The Bertz CT molecular complexity index is 447. The van der Waals surface area contributed by atoms with Gasteiger partial charge in [-0.1, -0.05) is 27.2 Å². The fourth-order valence-electron chi connectivity index (χ4n) is 1.07. The van der Waals surface area contributed by atoms with E-state index in [4.69, 9.17) is 4.84 Å². The minimum Gasteiger partial charge on any atom is -0.391 e. The predicted octanol–water partition coefficient (Wildman–Crippen LogP) is 3.33. The zero-order chi connectivity index (χ0) is 12.0. The summed E-state index contributed by atoms with van der Waals surface area (Å²) in [6.45, 7) is 3.93. The fourth-order valence-corrected chi connectivity index (χ4v) is 1.54. The van der Waals surface area contributed by atoms with E-state index in [1.54, 1.807) is 12.1 Å². The van der Waals surface area contributed by atoms with Gasteiger partial charge in [-0.2, -0.15) is 4.99 Å². The van der Waals surface area contributed by atoms with Gasteiger partial charge >= 0.3 is 0 Å². The Kier molecular flexibility index (Phi) is 4.89. The lowest BCUT2D eigenvalue weighted by Gasteiger charge is -2.05. The maximum Gasteiger partial charge on any atom is 0.240 e. The second-order valence-corrected chi connectivity index (χ2v) is 4.11. The molecule has 0 bridgehead atoms. The lowest BCUT2D eigenvalue weighted by atomic mass is 10.2.